The third-order valence-corrected chi connectivity index (χ3v) is 3.84. The van der Waals surface area contributed by atoms with E-state index in [-0.39, 0.29) is 17.4 Å². The predicted molar refractivity (Wildman–Crippen MR) is 101 cm³/mol. The van der Waals surface area contributed by atoms with E-state index >= 15 is 0 Å². The van der Waals surface area contributed by atoms with Crippen LogP contribution in [0.2, 0.25) is 0 Å². The molecule has 0 saturated heterocycles. The molecule has 27 heavy (non-hydrogen) atoms. The van der Waals surface area contributed by atoms with Gasteiger partial charge in [0.1, 0.15) is 0 Å². The molecule has 2 heterocycles. The molecule has 0 saturated carbocycles. The van der Waals surface area contributed by atoms with E-state index in [0.717, 1.165) is 5.56 Å². The van der Waals surface area contributed by atoms with E-state index in [1.54, 1.807) is 12.3 Å². The van der Waals surface area contributed by atoms with Gasteiger partial charge >= 0.3 is 0 Å². The number of nitrogens with two attached hydrogens (primary N) is 1. The fraction of sp³-hybridized carbons (Fsp3) is 0.105. The fourth-order valence-electron chi connectivity index (χ4n) is 2.41. The molecule has 3 aromatic rings. The number of nitrogens with one attached hydrogen (secondary N) is 2. The molecule has 0 bridgehead atoms. The van der Waals surface area contributed by atoms with E-state index < -0.39 is 5.91 Å². The SMILES string of the molecule is CNC(=O)c1nc(-c2cncc(C(=O)NCc3ccccc3)c2)cnc1N. The fourth-order valence-corrected chi connectivity index (χ4v) is 2.41. The van der Waals surface area contributed by atoms with Crippen LogP contribution in [0.5, 0.6) is 0 Å². The summed E-state index contributed by atoms with van der Waals surface area (Å²) in [6.45, 7) is 0.409. The molecule has 0 aliphatic rings. The molecular formula is C19H18N6O2. The zero-order valence-corrected chi connectivity index (χ0v) is 14.6. The minimum absolute atomic E-state index is 0.0222. The van der Waals surface area contributed by atoms with Gasteiger partial charge in [0, 0.05) is 31.5 Å². The van der Waals surface area contributed by atoms with E-state index in [1.807, 2.05) is 30.3 Å². The van der Waals surface area contributed by atoms with E-state index in [2.05, 4.69) is 25.6 Å². The molecule has 3 rings (SSSR count). The number of hydrogen-bond acceptors (Lipinski definition) is 6. The molecule has 1 aromatic carbocycles. The van der Waals surface area contributed by atoms with Crippen LogP contribution in [-0.4, -0.2) is 33.8 Å². The molecule has 0 spiro atoms. The van der Waals surface area contributed by atoms with Crippen molar-refractivity contribution < 1.29 is 9.59 Å². The summed E-state index contributed by atoms with van der Waals surface area (Å²) < 4.78 is 0. The number of nitrogens with zero attached hydrogens (tertiary/aromatic N) is 3. The molecule has 2 amide bonds. The highest BCUT2D eigenvalue weighted by atomic mass is 16.2. The Bertz CT molecular complexity index is 975. The number of rotatable bonds is 5. The summed E-state index contributed by atoms with van der Waals surface area (Å²) in [6.07, 6.45) is 4.44. The van der Waals surface area contributed by atoms with Gasteiger partial charge in [0.05, 0.1) is 17.5 Å². The normalized spacial score (nSPS) is 10.3. The van der Waals surface area contributed by atoms with Gasteiger partial charge in [0.15, 0.2) is 11.5 Å². The molecule has 0 fully saturated rings. The lowest BCUT2D eigenvalue weighted by atomic mass is 10.1. The first kappa shape index (κ1) is 18.0. The molecule has 0 atom stereocenters. The second-order valence-corrected chi connectivity index (χ2v) is 5.70. The number of carbonyl (C=O) groups excluding carboxylic acids is 2. The molecule has 0 aliphatic heterocycles. The van der Waals surface area contributed by atoms with Gasteiger partial charge in [-0.25, -0.2) is 9.97 Å². The van der Waals surface area contributed by atoms with Crippen LogP contribution in [0.3, 0.4) is 0 Å². The number of pyridine rings is 1. The molecule has 0 radical (unpaired) electrons. The third-order valence-electron chi connectivity index (χ3n) is 3.84. The van der Waals surface area contributed by atoms with Gasteiger partial charge in [-0.05, 0) is 11.6 Å². The Balaban J connectivity index is 1.81. The number of aromatic nitrogens is 3. The van der Waals surface area contributed by atoms with Crippen LogP contribution in [0.15, 0.2) is 55.0 Å². The standard InChI is InChI=1S/C19H18N6O2/c1-21-19(27)16-17(20)23-11-15(25-16)13-7-14(10-22-9-13)18(26)24-8-12-5-3-2-4-6-12/h2-7,9-11H,8H2,1H3,(H2,20,23)(H,21,27)(H,24,26). The number of anilines is 1. The van der Waals surface area contributed by atoms with Crippen LogP contribution in [0.25, 0.3) is 11.3 Å². The Morgan fingerprint density at radius 1 is 1.07 bits per heavy atom. The molecule has 8 nitrogen and oxygen atoms in total. The number of hydrogen-bond donors (Lipinski definition) is 3. The predicted octanol–water partition coefficient (Wildman–Crippen LogP) is 1.41. The van der Waals surface area contributed by atoms with Crippen molar-refractivity contribution in [3.8, 4) is 11.3 Å². The van der Waals surface area contributed by atoms with Gasteiger partial charge in [-0.2, -0.15) is 0 Å². The maximum Gasteiger partial charge on any atom is 0.273 e. The number of benzene rings is 1. The first-order valence-corrected chi connectivity index (χ1v) is 8.20. The second-order valence-electron chi connectivity index (χ2n) is 5.70. The van der Waals surface area contributed by atoms with Crippen molar-refractivity contribution >= 4 is 17.6 Å². The van der Waals surface area contributed by atoms with Gasteiger partial charge in [-0.1, -0.05) is 30.3 Å². The second kappa shape index (κ2) is 8.05. The summed E-state index contributed by atoms with van der Waals surface area (Å²) in [6, 6.07) is 11.2. The van der Waals surface area contributed by atoms with E-state index in [0.29, 0.717) is 23.4 Å². The Morgan fingerprint density at radius 2 is 1.85 bits per heavy atom. The highest BCUT2D eigenvalue weighted by Crippen LogP contribution is 2.19. The number of amides is 2. The van der Waals surface area contributed by atoms with Gasteiger partial charge < -0.3 is 16.4 Å². The zero-order chi connectivity index (χ0) is 19.2. The topological polar surface area (TPSA) is 123 Å². The quantitative estimate of drug-likeness (QED) is 0.631. The van der Waals surface area contributed by atoms with Crippen molar-refractivity contribution in [3.63, 3.8) is 0 Å². The maximum atomic E-state index is 12.4. The Morgan fingerprint density at radius 3 is 2.59 bits per heavy atom. The molecule has 0 unspecified atom stereocenters. The average Bonchev–Trinajstić information content (AvgIpc) is 2.72. The summed E-state index contributed by atoms with van der Waals surface area (Å²) in [5.74, 6) is -0.669. The molecule has 4 N–H and O–H groups in total. The minimum Gasteiger partial charge on any atom is -0.382 e. The smallest absolute Gasteiger partial charge is 0.273 e. The van der Waals surface area contributed by atoms with Crippen molar-refractivity contribution in [1.82, 2.24) is 25.6 Å². The maximum absolute atomic E-state index is 12.4. The lowest BCUT2D eigenvalue weighted by Gasteiger charge is -2.08. The summed E-state index contributed by atoms with van der Waals surface area (Å²) in [7, 11) is 1.48. The molecular weight excluding hydrogens is 344 g/mol. The average molecular weight is 362 g/mol. The van der Waals surface area contributed by atoms with Crippen LogP contribution in [0.1, 0.15) is 26.4 Å². The highest BCUT2D eigenvalue weighted by molar-refractivity contribution is 5.97. The molecule has 8 heteroatoms. The minimum atomic E-state index is -0.438. The lowest BCUT2D eigenvalue weighted by molar-refractivity contribution is 0.0945. The van der Waals surface area contributed by atoms with Gasteiger partial charge in [0.25, 0.3) is 11.8 Å². The van der Waals surface area contributed by atoms with E-state index in [4.69, 9.17) is 5.73 Å². The Labute approximate surface area is 155 Å². The summed E-state index contributed by atoms with van der Waals surface area (Å²) in [5.41, 5.74) is 8.05. The van der Waals surface area contributed by atoms with Crippen molar-refractivity contribution in [1.29, 1.82) is 0 Å². The first-order chi connectivity index (χ1) is 13.1. The van der Waals surface area contributed by atoms with Gasteiger partial charge in [0.2, 0.25) is 0 Å². The van der Waals surface area contributed by atoms with Crippen molar-refractivity contribution in [2.75, 3.05) is 12.8 Å². The molecule has 0 aliphatic carbocycles. The van der Waals surface area contributed by atoms with E-state index in [1.165, 1.54) is 19.4 Å². The van der Waals surface area contributed by atoms with Crippen LogP contribution < -0.4 is 16.4 Å². The van der Waals surface area contributed by atoms with Gasteiger partial charge in [-0.15, -0.1) is 0 Å². The van der Waals surface area contributed by atoms with Crippen LogP contribution in [0.4, 0.5) is 5.82 Å². The summed E-state index contributed by atoms with van der Waals surface area (Å²) in [5, 5.41) is 5.30. The highest BCUT2D eigenvalue weighted by Gasteiger charge is 2.14. The summed E-state index contributed by atoms with van der Waals surface area (Å²) >= 11 is 0. The van der Waals surface area contributed by atoms with Crippen LogP contribution >= 0.6 is 0 Å². The monoisotopic (exact) mass is 362 g/mol. The lowest BCUT2D eigenvalue weighted by Crippen LogP contribution is -2.23. The van der Waals surface area contributed by atoms with Crippen molar-refractivity contribution in [3.05, 3.63) is 71.8 Å². The largest absolute Gasteiger partial charge is 0.382 e. The van der Waals surface area contributed by atoms with E-state index in [9.17, 15) is 9.59 Å². The van der Waals surface area contributed by atoms with Crippen molar-refractivity contribution in [2.24, 2.45) is 0 Å². The van der Waals surface area contributed by atoms with Gasteiger partial charge in [-0.3, -0.25) is 14.6 Å². The zero-order valence-electron chi connectivity index (χ0n) is 14.6. The number of carbonyl (C=O) groups is 2. The first-order valence-electron chi connectivity index (χ1n) is 8.20. The molecule has 2 aromatic heterocycles. The third kappa shape index (κ3) is 4.24. The van der Waals surface area contributed by atoms with Crippen LogP contribution in [-0.2, 0) is 6.54 Å². The Kier molecular flexibility index (Phi) is 5.36. The van der Waals surface area contributed by atoms with Crippen molar-refractivity contribution in [2.45, 2.75) is 6.54 Å². The Hall–Kier alpha value is -3.81. The summed E-state index contributed by atoms with van der Waals surface area (Å²) in [4.78, 5) is 36.6. The van der Waals surface area contributed by atoms with Crippen LogP contribution in [0, 0.1) is 0 Å². The number of nitrogen functional groups attached to an aromatic ring is 1. The molecule has 136 valence electrons.